The van der Waals surface area contributed by atoms with E-state index in [0.29, 0.717) is 34.1 Å². The van der Waals surface area contributed by atoms with Crippen LogP contribution >= 0.6 is 0 Å². The Kier molecular flexibility index (Phi) is 7.89. The van der Waals surface area contributed by atoms with Gasteiger partial charge in [-0.25, -0.2) is 12.8 Å². The predicted molar refractivity (Wildman–Crippen MR) is 141 cm³/mol. The molecule has 1 amide bonds. The summed E-state index contributed by atoms with van der Waals surface area (Å²) in [7, 11) is -1.73. The molecule has 0 fully saturated rings. The van der Waals surface area contributed by atoms with Crippen LogP contribution in [0.25, 0.3) is 11.1 Å². The number of benzene rings is 4. The number of ether oxygens (including phenoxy) is 2. The number of carbonyl (C=O) groups is 1. The predicted octanol–water partition coefficient (Wildman–Crippen LogP) is 6.27. The first-order chi connectivity index (χ1) is 17.8. The number of nitrogens with one attached hydrogen (secondary N) is 1. The maximum Gasteiger partial charge on any atom is 0.228 e. The number of para-hydroxylation sites is 1. The van der Waals surface area contributed by atoms with E-state index in [0.717, 1.165) is 5.56 Å². The van der Waals surface area contributed by atoms with Crippen LogP contribution in [0.4, 0.5) is 10.1 Å². The van der Waals surface area contributed by atoms with Gasteiger partial charge in [0.2, 0.25) is 5.91 Å². The van der Waals surface area contributed by atoms with Crippen LogP contribution in [0.1, 0.15) is 12.5 Å². The van der Waals surface area contributed by atoms with Crippen molar-refractivity contribution < 1.29 is 27.1 Å². The lowest BCUT2D eigenvalue weighted by Crippen LogP contribution is -2.14. The molecule has 0 unspecified atom stereocenters. The smallest absolute Gasteiger partial charge is 0.228 e. The molecule has 4 rings (SSSR count). The van der Waals surface area contributed by atoms with Gasteiger partial charge in [-0.1, -0.05) is 43.3 Å². The van der Waals surface area contributed by atoms with Crippen LogP contribution in [-0.2, 0) is 21.1 Å². The number of carbonyl (C=O) groups excluding carboxylic acids is 1. The Morgan fingerprint density at radius 1 is 0.865 bits per heavy atom. The highest BCUT2D eigenvalue weighted by Crippen LogP contribution is 2.40. The maximum atomic E-state index is 13.8. The van der Waals surface area contributed by atoms with Crippen LogP contribution in [0.3, 0.4) is 0 Å². The largest absolute Gasteiger partial charge is 0.496 e. The number of sulfone groups is 1. The second-order valence-corrected chi connectivity index (χ2v) is 10.5. The molecule has 0 aliphatic rings. The highest BCUT2D eigenvalue weighted by Gasteiger charge is 2.15. The van der Waals surface area contributed by atoms with E-state index in [9.17, 15) is 17.6 Å². The van der Waals surface area contributed by atoms with Crippen LogP contribution in [0.5, 0.6) is 17.2 Å². The summed E-state index contributed by atoms with van der Waals surface area (Å²) >= 11 is 0. The Morgan fingerprint density at radius 3 is 2.30 bits per heavy atom. The number of rotatable bonds is 9. The zero-order valence-corrected chi connectivity index (χ0v) is 21.2. The van der Waals surface area contributed by atoms with Gasteiger partial charge in [-0.3, -0.25) is 4.79 Å². The molecule has 0 saturated heterocycles. The van der Waals surface area contributed by atoms with Gasteiger partial charge in [0.15, 0.2) is 9.84 Å². The summed E-state index contributed by atoms with van der Waals surface area (Å²) in [4.78, 5) is 13.0. The van der Waals surface area contributed by atoms with E-state index in [1.807, 2.05) is 24.3 Å². The summed E-state index contributed by atoms with van der Waals surface area (Å²) in [5, 5.41) is 2.85. The molecular formula is C29H26FNO5S. The first-order valence-corrected chi connectivity index (χ1v) is 13.3. The zero-order chi connectivity index (χ0) is 26.4. The molecule has 8 heteroatoms. The van der Waals surface area contributed by atoms with Gasteiger partial charge in [-0.05, 0) is 48.0 Å². The average Bonchev–Trinajstić information content (AvgIpc) is 2.89. The van der Waals surface area contributed by atoms with Crippen LogP contribution in [0.15, 0.2) is 95.9 Å². The van der Waals surface area contributed by atoms with Crippen LogP contribution in [0, 0.1) is 5.82 Å². The van der Waals surface area contributed by atoms with Gasteiger partial charge >= 0.3 is 0 Å². The van der Waals surface area contributed by atoms with Gasteiger partial charge in [0.05, 0.1) is 24.2 Å². The average molecular weight is 520 g/mol. The van der Waals surface area contributed by atoms with Crippen molar-refractivity contribution >= 4 is 21.4 Å². The molecule has 0 atom stereocenters. The molecule has 0 bridgehead atoms. The fourth-order valence-electron chi connectivity index (χ4n) is 3.80. The van der Waals surface area contributed by atoms with E-state index >= 15 is 0 Å². The SMILES string of the molecule is CCS(=O)(=O)c1ccc(CC(=O)Nc2ccc(-c3ccccc3OC)c(Oc3cccc(F)c3)c2)cc1. The van der Waals surface area contributed by atoms with E-state index in [1.54, 1.807) is 56.5 Å². The molecule has 0 heterocycles. The summed E-state index contributed by atoms with van der Waals surface area (Å²) in [6, 6.07) is 24.7. The topological polar surface area (TPSA) is 81.7 Å². The quantitative estimate of drug-likeness (QED) is 0.282. The maximum absolute atomic E-state index is 13.8. The Labute approximate surface area is 215 Å². The lowest BCUT2D eigenvalue weighted by Gasteiger charge is -2.16. The molecule has 0 aromatic heterocycles. The number of methoxy groups -OCH3 is 1. The van der Waals surface area contributed by atoms with E-state index in [1.165, 1.54) is 24.3 Å². The van der Waals surface area contributed by atoms with E-state index < -0.39 is 15.7 Å². The zero-order valence-electron chi connectivity index (χ0n) is 20.4. The molecule has 0 spiro atoms. The van der Waals surface area contributed by atoms with E-state index in [4.69, 9.17) is 9.47 Å². The molecule has 37 heavy (non-hydrogen) atoms. The molecule has 4 aromatic carbocycles. The van der Waals surface area contributed by atoms with Crippen molar-refractivity contribution in [1.82, 2.24) is 0 Å². The number of amides is 1. The normalized spacial score (nSPS) is 11.1. The van der Waals surface area contributed by atoms with E-state index in [2.05, 4.69) is 5.32 Å². The Hall–Kier alpha value is -4.17. The Balaban J connectivity index is 1.59. The van der Waals surface area contributed by atoms with Gasteiger partial charge < -0.3 is 14.8 Å². The molecule has 190 valence electrons. The first kappa shape index (κ1) is 25.9. The number of hydrogen-bond donors (Lipinski definition) is 1. The number of halogens is 1. The minimum absolute atomic E-state index is 0.0116. The molecule has 6 nitrogen and oxygen atoms in total. The van der Waals surface area contributed by atoms with Crippen molar-refractivity contribution in [2.45, 2.75) is 18.2 Å². The van der Waals surface area contributed by atoms with Crippen molar-refractivity contribution in [3.63, 3.8) is 0 Å². The molecule has 4 aromatic rings. The van der Waals surface area contributed by atoms with Gasteiger partial charge in [-0.2, -0.15) is 0 Å². The highest BCUT2D eigenvalue weighted by molar-refractivity contribution is 7.91. The third kappa shape index (κ3) is 6.34. The summed E-state index contributed by atoms with van der Waals surface area (Å²) in [5.41, 5.74) is 2.64. The minimum Gasteiger partial charge on any atom is -0.496 e. The number of hydrogen-bond acceptors (Lipinski definition) is 5. The summed E-state index contributed by atoms with van der Waals surface area (Å²) < 4.78 is 49.3. The van der Waals surface area contributed by atoms with Crippen LogP contribution < -0.4 is 14.8 Å². The molecule has 0 saturated carbocycles. The Morgan fingerprint density at radius 2 is 1.59 bits per heavy atom. The summed E-state index contributed by atoms with van der Waals surface area (Å²) in [5.74, 6) is 0.643. The van der Waals surface area contributed by atoms with Crippen molar-refractivity contribution in [3.05, 3.63) is 102 Å². The fourth-order valence-corrected chi connectivity index (χ4v) is 4.69. The first-order valence-electron chi connectivity index (χ1n) is 11.6. The summed E-state index contributed by atoms with van der Waals surface area (Å²) in [6.45, 7) is 1.59. The molecule has 0 radical (unpaired) electrons. The van der Waals surface area contributed by atoms with E-state index in [-0.39, 0.29) is 23.0 Å². The Bertz CT molecular complexity index is 1520. The number of anilines is 1. The second kappa shape index (κ2) is 11.3. The molecule has 0 aliphatic heterocycles. The van der Waals surface area contributed by atoms with Crippen molar-refractivity contribution in [1.29, 1.82) is 0 Å². The minimum atomic E-state index is -3.30. The fraction of sp³-hybridized carbons (Fsp3) is 0.138. The van der Waals surface area contributed by atoms with Crippen LogP contribution in [-0.4, -0.2) is 27.2 Å². The highest BCUT2D eigenvalue weighted by atomic mass is 32.2. The van der Waals surface area contributed by atoms with Gasteiger partial charge in [-0.15, -0.1) is 0 Å². The second-order valence-electron chi connectivity index (χ2n) is 8.24. The molecule has 1 N–H and O–H groups in total. The van der Waals surface area contributed by atoms with Crippen molar-refractivity contribution in [3.8, 4) is 28.4 Å². The van der Waals surface area contributed by atoms with Gasteiger partial charge in [0.25, 0.3) is 0 Å². The third-order valence-corrected chi connectivity index (χ3v) is 7.46. The molecule has 0 aliphatic carbocycles. The standard InChI is InChI=1S/C29H26FNO5S/c1-3-37(33,34)24-14-11-20(12-15-24)17-29(32)31-22-13-16-26(25-9-4-5-10-27(25)35-2)28(19-22)36-23-8-6-7-21(30)18-23/h4-16,18-19H,3,17H2,1-2H3,(H,31,32). The third-order valence-electron chi connectivity index (χ3n) is 5.71. The van der Waals surface area contributed by atoms with Gasteiger partial charge in [0, 0.05) is 28.9 Å². The monoisotopic (exact) mass is 519 g/mol. The van der Waals surface area contributed by atoms with Gasteiger partial charge in [0.1, 0.15) is 23.1 Å². The van der Waals surface area contributed by atoms with Crippen molar-refractivity contribution in [2.75, 3.05) is 18.2 Å². The van der Waals surface area contributed by atoms with Crippen molar-refractivity contribution in [2.24, 2.45) is 0 Å². The lowest BCUT2D eigenvalue weighted by atomic mass is 10.0. The lowest BCUT2D eigenvalue weighted by molar-refractivity contribution is -0.115. The van der Waals surface area contributed by atoms with Crippen LogP contribution in [0.2, 0.25) is 0 Å². The molecular weight excluding hydrogens is 493 g/mol. The summed E-state index contributed by atoms with van der Waals surface area (Å²) in [6.07, 6.45) is 0.0563.